The van der Waals surface area contributed by atoms with Gasteiger partial charge in [-0.15, -0.1) is 0 Å². The fourth-order valence-corrected chi connectivity index (χ4v) is 3.59. The first kappa shape index (κ1) is 22.2. The maximum Gasteiger partial charge on any atom is 0.354 e. The van der Waals surface area contributed by atoms with Crippen LogP contribution in [-0.4, -0.2) is 24.0 Å². The predicted octanol–water partition coefficient (Wildman–Crippen LogP) is 6.11. The maximum absolute atomic E-state index is 12.9. The summed E-state index contributed by atoms with van der Waals surface area (Å²) in [6.45, 7) is 3.54. The molecule has 0 saturated heterocycles. The number of hydrogen-bond acceptors (Lipinski definition) is 4. The van der Waals surface area contributed by atoms with E-state index in [4.69, 9.17) is 9.47 Å². The average molecular weight is 532 g/mol. The number of carbonyl (C=O) groups excluding carboxylic acids is 2. The highest BCUT2D eigenvalue weighted by Gasteiger charge is 2.39. The van der Waals surface area contributed by atoms with Crippen molar-refractivity contribution >= 4 is 55.3 Å². The number of carbonyl (C=O) groups is 2. The molecule has 0 amide bonds. The van der Waals surface area contributed by atoms with E-state index < -0.39 is 11.6 Å². The van der Waals surface area contributed by atoms with Gasteiger partial charge in [0, 0.05) is 8.95 Å². The van der Waals surface area contributed by atoms with Gasteiger partial charge in [0.05, 0.1) is 6.61 Å². The number of halogens is 2. The first-order valence-corrected chi connectivity index (χ1v) is 10.9. The van der Waals surface area contributed by atoms with Crippen LogP contribution in [0.1, 0.15) is 25.0 Å². The summed E-state index contributed by atoms with van der Waals surface area (Å²) < 4.78 is 12.9. The van der Waals surface area contributed by atoms with Crippen LogP contribution in [0.4, 0.5) is 0 Å². The van der Waals surface area contributed by atoms with Crippen molar-refractivity contribution in [2.75, 3.05) is 6.61 Å². The standard InChI is InChI=1S/C24H20Br2O4/c1-3-29-23(28)24(2)15-18(17-5-4-6-20(26)13-17)14-22(30-24)21(27)12-9-16-7-10-19(25)11-8-16/h4-15H,3H2,1-2H3/b12-9+. The molecule has 0 saturated carbocycles. The summed E-state index contributed by atoms with van der Waals surface area (Å²) in [5.74, 6) is -0.807. The zero-order valence-corrected chi connectivity index (χ0v) is 19.7. The molecular formula is C24H20Br2O4. The van der Waals surface area contributed by atoms with Gasteiger partial charge >= 0.3 is 5.97 Å². The minimum Gasteiger partial charge on any atom is -0.468 e. The Morgan fingerprint density at radius 2 is 1.83 bits per heavy atom. The molecule has 30 heavy (non-hydrogen) atoms. The number of hydrogen-bond donors (Lipinski definition) is 0. The molecule has 2 aromatic carbocycles. The SMILES string of the molecule is CCOC(=O)C1(C)C=C(c2cccc(Br)c2)C=C(C(=O)/C=C/c2ccc(Br)cc2)O1. The van der Waals surface area contributed by atoms with Gasteiger partial charge in [-0.1, -0.05) is 62.2 Å². The highest BCUT2D eigenvalue weighted by Crippen LogP contribution is 2.33. The molecule has 0 bridgehead atoms. The quantitative estimate of drug-likeness (QED) is 0.333. The van der Waals surface area contributed by atoms with Gasteiger partial charge in [0.2, 0.25) is 11.4 Å². The van der Waals surface area contributed by atoms with Crippen LogP contribution in [0.25, 0.3) is 11.6 Å². The van der Waals surface area contributed by atoms with Gasteiger partial charge in [-0.05, 0) is 73.0 Å². The number of esters is 1. The van der Waals surface area contributed by atoms with Crippen LogP contribution in [0, 0.1) is 0 Å². The van der Waals surface area contributed by atoms with Crippen LogP contribution in [0.3, 0.4) is 0 Å². The second-order valence-electron chi connectivity index (χ2n) is 6.80. The van der Waals surface area contributed by atoms with Gasteiger partial charge in [-0.25, -0.2) is 4.79 Å². The van der Waals surface area contributed by atoms with Gasteiger partial charge in [0.1, 0.15) is 0 Å². The molecule has 1 aliphatic heterocycles. The molecule has 0 radical (unpaired) electrons. The number of allylic oxidation sites excluding steroid dienone is 3. The molecule has 0 aromatic heterocycles. The molecule has 6 heteroatoms. The van der Waals surface area contributed by atoms with Crippen LogP contribution in [0.5, 0.6) is 0 Å². The first-order valence-electron chi connectivity index (χ1n) is 9.35. The van der Waals surface area contributed by atoms with Crippen molar-refractivity contribution in [1.82, 2.24) is 0 Å². The zero-order valence-electron chi connectivity index (χ0n) is 16.5. The summed E-state index contributed by atoms with van der Waals surface area (Å²) in [6.07, 6.45) is 6.47. The largest absolute Gasteiger partial charge is 0.468 e. The van der Waals surface area contributed by atoms with E-state index in [9.17, 15) is 9.59 Å². The average Bonchev–Trinajstić information content (AvgIpc) is 2.73. The van der Waals surface area contributed by atoms with Gasteiger partial charge in [0.25, 0.3) is 0 Å². The third-order valence-corrected chi connectivity index (χ3v) is 5.44. The summed E-state index contributed by atoms with van der Waals surface area (Å²) in [5.41, 5.74) is 1.03. The summed E-state index contributed by atoms with van der Waals surface area (Å²) >= 11 is 6.85. The van der Waals surface area contributed by atoms with Crippen molar-refractivity contribution in [1.29, 1.82) is 0 Å². The summed E-state index contributed by atoms with van der Waals surface area (Å²) in [6, 6.07) is 15.2. The highest BCUT2D eigenvalue weighted by molar-refractivity contribution is 9.10. The number of rotatable bonds is 6. The lowest BCUT2D eigenvalue weighted by Gasteiger charge is -2.30. The lowest BCUT2D eigenvalue weighted by molar-refractivity contribution is -0.160. The van der Waals surface area contributed by atoms with Crippen molar-refractivity contribution in [3.63, 3.8) is 0 Å². The van der Waals surface area contributed by atoms with E-state index in [0.717, 1.165) is 20.1 Å². The zero-order chi connectivity index (χ0) is 21.7. The normalized spacial score (nSPS) is 18.4. The van der Waals surface area contributed by atoms with E-state index in [0.29, 0.717) is 5.57 Å². The Morgan fingerprint density at radius 1 is 1.10 bits per heavy atom. The topological polar surface area (TPSA) is 52.6 Å². The van der Waals surface area contributed by atoms with Gasteiger partial charge in [0.15, 0.2) is 5.76 Å². The van der Waals surface area contributed by atoms with Gasteiger partial charge in [-0.3, -0.25) is 4.79 Å². The molecule has 0 fully saturated rings. The van der Waals surface area contributed by atoms with Gasteiger partial charge in [-0.2, -0.15) is 0 Å². The van der Waals surface area contributed by atoms with Crippen LogP contribution in [-0.2, 0) is 19.1 Å². The third kappa shape index (κ3) is 5.37. The Bertz CT molecular complexity index is 1050. The van der Waals surface area contributed by atoms with Crippen LogP contribution in [0.2, 0.25) is 0 Å². The Morgan fingerprint density at radius 3 is 2.50 bits per heavy atom. The van der Waals surface area contributed by atoms with Crippen molar-refractivity contribution in [2.45, 2.75) is 19.4 Å². The fourth-order valence-electron chi connectivity index (χ4n) is 2.93. The molecule has 1 unspecified atom stereocenters. The maximum atomic E-state index is 12.9. The second-order valence-corrected chi connectivity index (χ2v) is 8.63. The summed E-state index contributed by atoms with van der Waals surface area (Å²) in [4.78, 5) is 25.5. The molecular weight excluding hydrogens is 512 g/mol. The Kier molecular flexibility index (Phi) is 7.10. The lowest BCUT2D eigenvalue weighted by Crippen LogP contribution is -2.40. The molecule has 154 valence electrons. The summed E-state index contributed by atoms with van der Waals surface area (Å²) in [7, 11) is 0. The monoisotopic (exact) mass is 530 g/mol. The van der Waals surface area contributed by atoms with Gasteiger partial charge < -0.3 is 9.47 Å². The predicted molar refractivity (Wildman–Crippen MR) is 125 cm³/mol. The second kappa shape index (κ2) is 9.58. The smallest absolute Gasteiger partial charge is 0.354 e. The lowest BCUT2D eigenvalue weighted by atomic mass is 9.94. The molecule has 0 N–H and O–H groups in total. The van der Waals surface area contributed by atoms with E-state index in [2.05, 4.69) is 31.9 Å². The van der Waals surface area contributed by atoms with E-state index in [1.165, 1.54) is 6.08 Å². The van der Waals surface area contributed by atoms with E-state index in [-0.39, 0.29) is 18.1 Å². The van der Waals surface area contributed by atoms with Crippen LogP contribution >= 0.6 is 31.9 Å². The summed E-state index contributed by atoms with van der Waals surface area (Å²) in [5, 5.41) is 0. The van der Waals surface area contributed by atoms with Crippen LogP contribution in [0.15, 0.2) is 81.5 Å². The molecule has 0 aliphatic carbocycles. The van der Waals surface area contributed by atoms with E-state index in [1.807, 2.05) is 48.5 Å². The van der Waals surface area contributed by atoms with E-state index >= 15 is 0 Å². The van der Waals surface area contributed by atoms with Crippen molar-refractivity contribution < 1.29 is 19.1 Å². The number of ether oxygens (including phenoxy) is 2. The minimum atomic E-state index is -1.40. The Labute approximate surface area is 192 Å². The first-order chi connectivity index (χ1) is 14.3. The van der Waals surface area contributed by atoms with Crippen molar-refractivity contribution in [2.24, 2.45) is 0 Å². The molecule has 0 spiro atoms. The van der Waals surface area contributed by atoms with Crippen LogP contribution < -0.4 is 0 Å². The third-order valence-electron chi connectivity index (χ3n) is 4.42. The van der Waals surface area contributed by atoms with Crippen molar-refractivity contribution in [3.8, 4) is 0 Å². The molecule has 2 aromatic rings. The molecule has 1 atom stereocenters. The Balaban J connectivity index is 1.95. The molecule has 3 rings (SSSR count). The van der Waals surface area contributed by atoms with Crippen molar-refractivity contribution in [3.05, 3.63) is 92.6 Å². The molecule has 1 heterocycles. The fraction of sp³-hybridized carbons (Fsp3) is 0.167. The number of ketones is 1. The number of benzene rings is 2. The molecule has 1 aliphatic rings. The minimum absolute atomic E-state index is 0.0800. The molecule has 4 nitrogen and oxygen atoms in total. The Hall–Kier alpha value is -2.44. The van der Waals surface area contributed by atoms with E-state index in [1.54, 1.807) is 32.1 Å². The highest BCUT2D eigenvalue weighted by atomic mass is 79.9.